The Hall–Kier alpha value is -2.02. The van der Waals surface area contributed by atoms with E-state index in [9.17, 15) is 9.59 Å². The standard InChI is InChI=1S/C20H28N4O2S/c1-2-3-6-12-24-17-10-5-4-9-16(17)22-20(24)27-14-18(25)23-11-7-8-15(13-23)19(21)26/h4-5,9-10,15H,2-3,6-8,11-14H2,1H3,(H2,21,26). The van der Waals surface area contributed by atoms with Gasteiger partial charge in [0, 0.05) is 19.6 Å². The van der Waals surface area contributed by atoms with Gasteiger partial charge >= 0.3 is 0 Å². The van der Waals surface area contributed by atoms with E-state index in [1.54, 1.807) is 4.90 Å². The van der Waals surface area contributed by atoms with Crippen molar-refractivity contribution >= 4 is 34.6 Å². The number of aromatic nitrogens is 2. The second-order valence-electron chi connectivity index (χ2n) is 7.11. The van der Waals surface area contributed by atoms with Gasteiger partial charge in [-0.2, -0.15) is 0 Å². The van der Waals surface area contributed by atoms with E-state index < -0.39 is 0 Å². The van der Waals surface area contributed by atoms with Gasteiger partial charge in [0.2, 0.25) is 11.8 Å². The summed E-state index contributed by atoms with van der Waals surface area (Å²) in [6, 6.07) is 8.11. The molecule has 1 aliphatic rings. The monoisotopic (exact) mass is 388 g/mol. The minimum atomic E-state index is -0.308. The van der Waals surface area contributed by atoms with Crippen molar-refractivity contribution in [3.63, 3.8) is 0 Å². The van der Waals surface area contributed by atoms with Crippen molar-refractivity contribution in [2.75, 3.05) is 18.8 Å². The molecule has 0 saturated carbocycles. The second kappa shape index (κ2) is 9.26. The number of rotatable bonds is 8. The van der Waals surface area contributed by atoms with Gasteiger partial charge in [-0.05, 0) is 31.4 Å². The molecule has 0 spiro atoms. The van der Waals surface area contributed by atoms with Crippen LogP contribution < -0.4 is 5.73 Å². The number of para-hydroxylation sites is 2. The van der Waals surface area contributed by atoms with Gasteiger partial charge < -0.3 is 15.2 Å². The fourth-order valence-corrected chi connectivity index (χ4v) is 4.50. The number of aryl methyl sites for hydroxylation is 1. The third-order valence-corrected chi connectivity index (χ3v) is 6.07. The zero-order valence-corrected chi connectivity index (χ0v) is 16.7. The molecule has 6 nitrogen and oxygen atoms in total. The first-order chi connectivity index (χ1) is 13.1. The summed E-state index contributed by atoms with van der Waals surface area (Å²) in [6.07, 6.45) is 5.06. The van der Waals surface area contributed by atoms with E-state index >= 15 is 0 Å². The Morgan fingerprint density at radius 3 is 2.89 bits per heavy atom. The molecule has 1 aromatic carbocycles. The lowest BCUT2D eigenvalue weighted by molar-refractivity contribution is -0.132. The number of amides is 2. The van der Waals surface area contributed by atoms with Crippen molar-refractivity contribution in [3.8, 4) is 0 Å². The van der Waals surface area contributed by atoms with Gasteiger partial charge in [0.1, 0.15) is 0 Å². The summed E-state index contributed by atoms with van der Waals surface area (Å²) >= 11 is 1.49. The van der Waals surface area contributed by atoms with Crippen LogP contribution in [0.4, 0.5) is 0 Å². The highest BCUT2D eigenvalue weighted by Crippen LogP contribution is 2.26. The van der Waals surface area contributed by atoms with Crippen molar-refractivity contribution in [3.05, 3.63) is 24.3 Å². The third kappa shape index (κ3) is 4.83. The summed E-state index contributed by atoms with van der Waals surface area (Å²) in [7, 11) is 0. The quantitative estimate of drug-likeness (QED) is 0.557. The van der Waals surface area contributed by atoms with Crippen LogP contribution in [0.1, 0.15) is 39.0 Å². The van der Waals surface area contributed by atoms with E-state index in [4.69, 9.17) is 10.7 Å². The molecule has 1 saturated heterocycles. The zero-order valence-electron chi connectivity index (χ0n) is 15.9. The van der Waals surface area contributed by atoms with Crippen molar-refractivity contribution < 1.29 is 9.59 Å². The average molecular weight is 389 g/mol. The molecule has 2 N–H and O–H groups in total. The lowest BCUT2D eigenvalue weighted by atomic mass is 9.97. The molecule has 0 bridgehead atoms. The normalized spacial score (nSPS) is 17.4. The van der Waals surface area contributed by atoms with E-state index in [1.165, 1.54) is 24.6 Å². The fourth-order valence-electron chi connectivity index (χ4n) is 3.55. The number of carbonyl (C=O) groups excluding carboxylic acids is 2. The molecule has 0 radical (unpaired) electrons. The number of piperidine rings is 1. The van der Waals surface area contributed by atoms with Gasteiger partial charge in [-0.3, -0.25) is 9.59 Å². The van der Waals surface area contributed by atoms with Gasteiger partial charge in [0.25, 0.3) is 0 Å². The summed E-state index contributed by atoms with van der Waals surface area (Å²) in [6.45, 7) is 4.26. The summed E-state index contributed by atoms with van der Waals surface area (Å²) in [5.74, 6) is -0.134. The van der Waals surface area contributed by atoms with E-state index in [0.29, 0.717) is 18.8 Å². The van der Waals surface area contributed by atoms with Gasteiger partial charge in [-0.15, -0.1) is 0 Å². The molecule has 1 fully saturated rings. The molecule has 27 heavy (non-hydrogen) atoms. The molecule has 0 aliphatic carbocycles. The smallest absolute Gasteiger partial charge is 0.233 e. The molecule has 2 aromatic rings. The van der Waals surface area contributed by atoms with Crippen LogP contribution in [0.25, 0.3) is 11.0 Å². The minimum absolute atomic E-state index is 0.0538. The van der Waals surface area contributed by atoms with Crippen LogP contribution in [0.5, 0.6) is 0 Å². The summed E-state index contributed by atoms with van der Waals surface area (Å²) < 4.78 is 2.23. The maximum absolute atomic E-state index is 12.6. The SMILES string of the molecule is CCCCCn1c(SCC(=O)N2CCCC(C(N)=O)C2)nc2ccccc21. The molecular formula is C20H28N4O2S. The third-order valence-electron chi connectivity index (χ3n) is 5.11. The number of primary amides is 1. The molecular weight excluding hydrogens is 360 g/mol. The lowest BCUT2D eigenvalue weighted by Crippen LogP contribution is -2.44. The van der Waals surface area contributed by atoms with Gasteiger partial charge in [-0.1, -0.05) is 43.7 Å². The Morgan fingerprint density at radius 1 is 1.30 bits per heavy atom. The molecule has 1 aliphatic heterocycles. The summed E-state index contributed by atoms with van der Waals surface area (Å²) in [5.41, 5.74) is 7.51. The lowest BCUT2D eigenvalue weighted by Gasteiger charge is -2.31. The maximum atomic E-state index is 12.6. The highest BCUT2D eigenvalue weighted by atomic mass is 32.2. The topological polar surface area (TPSA) is 81.2 Å². The van der Waals surface area contributed by atoms with Crippen LogP contribution in [0, 0.1) is 5.92 Å². The predicted octanol–water partition coefficient (Wildman–Crippen LogP) is 3.04. The number of likely N-dealkylation sites (tertiary alicyclic amines) is 1. The number of hydrogen-bond donors (Lipinski definition) is 1. The number of carbonyl (C=O) groups is 2. The fraction of sp³-hybridized carbons (Fsp3) is 0.550. The first-order valence-electron chi connectivity index (χ1n) is 9.75. The van der Waals surface area contributed by atoms with Gasteiger partial charge in [0.15, 0.2) is 5.16 Å². The van der Waals surface area contributed by atoms with E-state index in [1.807, 2.05) is 18.2 Å². The van der Waals surface area contributed by atoms with Crippen molar-refractivity contribution in [1.29, 1.82) is 0 Å². The molecule has 1 unspecified atom stereocenters. The Balaban J connectivity index is 1.67. The number of nitrogens with two attached hydrogens (primary N) is 1. The van der Waals surface area contributed by atoms with Gasteiger partial charge in [-0.25, -0.2) is 4.98 Å². The number of thioether (sulfide) groups is 1. The molecule has 1 aromatic heterocycles. The first-order valence-corrected chi connectivity index (χ1v) is 10.7. The zero-order chi connectivity index (χ0) is 19.2. The minimum Gasteiger partial charge on any atom is -0.369 e. The van der Waals surface area contributed by atoms with Crippen LogP contribution in [0.15, 0.2) is 29.4 Å². The van der Waals surface area contributed by atoms with Crippen LogP contribution in [-0.4, -0.2) is 45.1 Å². The molecule has 7 heteroatoms. The Kier molecular flexibility index (Phi) is 6.77. The Labute approximate surface area is 164 Å². The number of imidazole rings is 1. The van der Waals surface area contributed by atoms with Crippen molar-refractivity contribution in [1.82, 2.24) is 14.5 Å². The maximum Gasteiger partial charge on any atom is 0.233 e. The summed E-state index contributed by atoms with van der Waals surface area (Å²) in [4.78, 5) is 30.6. The second-order valence-corrected chi connectivity index (χ2v) is 8.05. The van der Waals surface area contributed by atoms with Crippen molar-refractivity contribution in [2.24, 2.45) is 11.7 Å². The van der Waals surface area contributed by atoms with Crippen LogP contribution in [0.2, 0.25) is 0 Å². The number of nitrogens with zero attached hydrogens (tertiary/aromatic N) is 3. The van der Waals surface area contributed by atoms with Crippen LogP contribution in [-0.2, 0) is 16.1 Å². The van der Waals surface area contributed by atoms with Crippen LogP contribution in [0.3, 0.4) is 0 Å². The van der Waals surface area contributed by atoms with Crippen LogP contribution >= 0.6 is 11.8 Å². The highest BCUT2D eigenvalue weighted by Gasteiger charge is 2.27. The number of hydrogen-bond acceptors (Lipinski definition) is 4. The predicted molar refractivity (Wildman–Crippen MR) is 108 cm³/mol. The van der Waals surface area contributed by atoms with Crippen molar-refractivity contribution in [2.45, 2.75) is 50.7 Å². The molecule has 146 valence electrons. The number of fused-ring (bicyclic) bond motifs is 1. The molecule has 2 amide bonds. The number of unbranched alkanes of at least 4 members (excludes halogenated alkanes) is 2. The molecule has 3 rings (SSSR count). The Morgan fingerprint density at radius 2 is 2.11 bits per heavy atom. The highest BCUT2D eigenvalue weighted by molar-refractivity contribution is 7.99. The largest absolute Gasteiger partial charge is 0.369 e. The molecule has 1 atom stereocenters. The average Bonchev–Trinajstić information content (AvgIpc) is 3.04. The van der Waals surface area contributed by atoms with Gasteiger partial charge in [0.05, 0.1) is 22.7 Å². The first kappa shape index (κ1) is 19.7. The van der Waals surface area contributed by atoms with E-state index in [-0.39, 0.29) is 17.7 Å². The van der Waals surface area contributed by atoms with E-state index in [0.717, 1.165) is 42.0 Å². The number of benzene rings is 1. The Bertz CT molecular complexity index is 804. The van der Waals surface area contributed by atoms with E-state index in [2.05, 4.69) is 17.6 Å². The molecule has 2 heterocycles. The summed E-state index contributed by atoms with van der Waals surface area (Å²) in [5, 5.41) is 0.893.